The molecule has 6 nitrogen and oxygen atoms in total. The molecular weight excluding hydrogens is 274 g/mol. The van der Waals surface area contributed by atoms with Crippen molar-refractivity contribution in [2.75, 3.05) is 30.1 Å². The Bertz CT molecular complexity index is 515. The summed E-state index contributed by atoms with van der Waals surface area (Å²) in [7, 11) is 0. The lowest BCUT2D eigenvalue weighted by Gasteiger charge is -2.09. The fourth-order valence-electron chi connectivity index (χ4n) is 1.55. The molecular formula is C13H17N5OS. The topological polar surface area (TPSA) is 85.1 Å². The number of hydrogen-bond acceptors (Lipinski definition) is 7. The Morgan fingerprint density at radius 2 is 1.95 bits per heavy atom. The van der Waals surface area contributed by atoms with Gasteiger partial charge < -0.3 is 15.5 Å². The fourth-order valence-corrected chi connectivity index (χ4v) is 1.92. The monoisotopic (exact) mass is 291 g/mol. The SMILES string of the molecule is CSc1nc(NN)cc(NCCOc2ccccc2)n1. The first-order valence-corrected chi connectivity index (χ1v) is 7.35. The largest absolute Gasteiger partial charge is 0.492 e. The number of thioether (sulfide) groups is 1. The summed E-state index contributed by atoms with van der Waals surface area (Å²) in [4.78, 5) is 8.52. The molecule has 0 bridgehead atoms. The summed E-state index contributed by atoms with van der Waals surface area (Å²) in [5.41, 5.74) is 2.52. The van der Waals surface area contributed by atoms with E-state index in [1.54, 1.807) is 6.07 Å². The Kier molecular flexibility index (Phi) is 5.45. The number of nitrogens with one attached hydrogen (secondary N) is 2. The van der Waals surface area contributed by atoms with Crippen LogP contribution in [0.4, 0.5) is 11.6 Å². The number of nitrogens with two attached hydrogens (primary N) is 1. The van der Waals surface area contributed by atoms with E-state index < -0.39 is 0 Å². The van der Waals surface area contributed by atoms with Crippen molar-refractivity contribution in [3.05, 3.63) is 36.4 Å². The van der Waals surface area contributed by atoms with Crippen molar-refractivity contribution in [1.29, 1.82) is 0 Å². The van der Waals surface area contributed by atoms with Crippen LogP contribution < -0.4 is 21.3 Å². The number of para-hydroxylation sites is 1. The Balaban J connectivity index is 1.84. The van der Waals surface area contributed by atoms with Crippen molar-refractivity contribution in [2.45, 2.75) is 5.16 Å². The molecule has 0 spiro atoms. The zero-order valence-electron chi connectivity index (χ0n) is 11.2. The van der Waals surface area contributed by atoms with Crippen molar-refractivity contribution in [3.63, 3.8) is 0 Å². The minimum Gasteiger partial charge on any atom is -0.492 e. The average molecular weight is 291 g/mol. The third kappa shape index (κ3) is 4.29. The van der Waals surface area contributed by atoms with Gasteiger partial charge in [-0.3, -0.25) is 0 Å². The smallest absolute Gasteiger partial charge is 0.191 e. The van der Waals surface area contributed by atoms with E-state index in [0.717, 1.165) is 5.75 Å². The van der Waals surface area contributed by atoms with Crippen molar-refractivity contribution in [3.8, 4) is 5.75 Å². The van der Waals surface area contributed by atoms with E-state index in [1.807, 2.05) is 36.6 Å². The highest BCUT2D eigenvalue weighted by atomic mass is 32.2. The van der Waals surface area contributed by atoms with Gasteiger partial charge in [-0.15, -0.1) is 0 Å². The lowest BCUT2D eigenvalue weighted by atomic mass is 10.3. The first kappa shape index (κ1) is 14.4. The van der Waals surface area contributed by atoms with Gasteiger partial charge in [0, 0.05) is 6.07 Å². The van der Waals surface area contributed by atoms with Crippen LogP contribution in [0, 0.1) is 0 Å². The van der Waals surface area contributed by atoms with Gasteiger partial charge in [-0.2, -0.15) is 0 Å². The molecule has 0 aliphatic rings. The number of anilines is 2. The molecule has 0 amide bonds. The standard InChI is InChI=1S/C13H17N5OS/c1-20-13-16-11(9-12(17-13)18-14)15-7-8-19-10-5-3-2-4-6-10/h2-6,9H,7-8,14H2,1H3,(H2,15,16,17,18). The minimum absolute atomic E-state index is 0.550. The van der Waals surface area contributed by atoms with E-state index in [1.165, 1.54) is 11.8 Å². The number of hydrogen-bond donors (Lipinski definition) is 3. The predicted octanol–water partition coefficient (Wildman–Crippen LogP) is 1.98. The number of aromatic nitrogens is 2. The fraction of sp³-hybridized carbons (Fsp3) is 0.231. The van der Waals surface area contributed by atoms with Crippen LogP contribution in [-0.2, 0) is 0 Å². The highest BCUT2D eigenvalue weighted by Crippen LogP contribution is 2.16. The lowest BCUT2D eigenvalue weighted by Crippen LogP contribution is -2.14. The Morgan fingerprint density at radius 3 is 2.65 bits per heavy atom. The molecule has 4 N–H and O–H groups in total. The second-order valence-electron chi connectivity index (χ2n) is 3.86. The van der Waals surface area contributed by atoms with Crippen molar-refractivity contribution in [1.82, 2.24) is 9.97 Å². The maximum Gasteiger partial charge on any atom is 0.191 e. The van der Waals surface area contributed by atoms with Gasteiger partial charge in [-0.25, -0.2) is 15.8 Å². The summed E-state index contributed by atoms with van der Waals surface area (Å²) in [5.74, 6) is 7.52. The third-order valence-electron chi connectivity index (χ3n) is 2.46. The molecule has 1 aromatic carbocycles. The summed E-state index contributed by atoms with van der Waals surface area (Å²) in [6.07, 6.45) is 1.91. The Morgan fingerprint density at radius 1 is 1.20 bits per heavy atom. The van der Waals surface area contributed by atoms with Crippen molar-refractivity contribution >= 4 is 23.4 Å². The first-order chi connectivity index (χ1) is 9.81. The van der Waals surface area contributed by atoms with Gasteiger partial charge in [0.05, 0.1) is 6.54 Å². The van der Waals surface area contributed by atoms with Gasteiger partial charge in [0.15, 0.2) is 5.16 Å². The molecule has 0 unspecified atom stereocenters. The van der Waals surface area contributed by atoms with Crippen LogP contribution in [0.2, 0.25) is 0 Å². The van der Waals surface area contributed by atoms with Gasteiger partial charge in [0.25, 0.3) is 0 Å². The van der Waals surface area contributed by atoms with Gasteiger partial charge in [-0.05, 0) is 18.4 Å². The van der Waals surface area contributed by atoms with Crippen LogP contribution in [0.25, 0.3) is 0 Å². The zero-order valence-corrected chi connectivity index (χ0v) is 12.0. The number of nitrogen functional groups attached to an aromatic ring is 1. The summed E-state index contributed by atoms with van der Waals surface area (Å²) in [6, 6.07) is 11.4. The van der Waals surface area contributed by atoms with E-state index in [9.17, 15) is 0 Å². The quantitative estimate of drug-likeness (QED) is 0.236. The van der Waals surface area contributed by atoms with Gasteiger partial charge in [-0.1, -0.05) is 30.0 Å². The number of benzene rings is 1. The number of ether oxygens (including phenoxy) is 1. The summed E-state index contributed by atoms with van der Waals surface area (Å²) in [6.45, 7) is 1.19. The van der Waals surface area contributed by atoms with Crippen LogP contribution in [0.1, 0.15) is 0 Å². The maximum absolute atomic E-state index is 5.59. The van der Waals surface area contributed by atoms with Crippen molar-refractivity contribution < 1.29 is 4.74 Å². The van der Waals surface area contributed by atoms with Gasteiger partial charge in [0.1, 0.15) is 24.0 Å². The molecule has 0 saturated heterocycles. The zero-order chi connectivity index (χ0) is 14.2. The molecule has 1 aromatic heterocycles. The van der Waals surface area contributed by atoms with E-state index in [0.29, 0.717) is 29.9 Å². The predicted molar refractivity (Wildman–Crippen MR) is 82.0 cm³/mol. The van der Waals surface area contributed by atoms with E-state index in [-0.39, 0.29) is 0 Å². The first-order valence-electron chi connectivity index (χ1n) is 6.13. The van der Waals surface area contributed by atoms with Crippen LogP contribution in [0.5, 0.6) is 5.75 Å². The van der Waals surface area contributed by atoms with E-state index >= 15 is 0 Å². The molecule has 0 aliphatic heterocycles. The summed E-state index contributed by atoms with van der Waals surface area (Å²) >= 11 is 1.46. The molecule has 20 heavy (non-hydrogen) atoms. The van der Waals surface area contributed by atoms with Gasteiger partial charge in [0.2, 0.25) is 0 Å². The molecule has 2 aromatic rings. The van der Waals surface area contributed by atoms with Crippen molar-refractivity contribution in [2.24, 2.45) is 5.84 Å². The lowest BCUT2D eigenvalue weighted by molar-refractivity contribution is 0.332. The second kappa shape index (κ2) is 7.56. The van der Waals surface area contributed by atoms with Gasteiger partial charge >= 0.3 is 0 Å². The molecule has 106 valence electrons. The molecule has 0 radical (unpaired) electrons. The Labute approximate surface area is 122 Å². The normalized spacial score (nSPS) is 10.1. The molecule has 1 heterocycles. The minimum atomic E-state index is 0.550. The van der Waals surface area contributed by atoms with Crippen LogP contribution >= 0.6 is 11.8 Å². The van der Waals surface area contributed by atoms with Crippen LogP contribution in [0.3, 0.4) is 0 Å². The number of hydrazine groups is 1. The highest BCUT2D eigenvalue weighted by molar-refractivity contribution is 7.98. The molecule has 7 heteroatoms. The maximum atomic E-state index is 5.59. The number of nitrogens with zero attached hydrogens (tertiary/aromatic N) is 2. The molecule has 0 saturated carbocycles. The third-order valence-corrected chi connectivity index (χ3v) is 3.00. The molecule has 2 rings (SSSR count). The molecule has 0 fully saturated rings. The Hall–Kier alpha value is -1.99. The summed E-state index contributed by atoms with van der Waals surface area (Å²) < 4.78 is 5.59. The average Bonchev–Trinajstić information content (AvgIpc) is 2.52. The van der Waals surface area contributed by atoms with Crippen LogP contribution in [-0.4, -0.2) is 29.4 Å². The molecule has 0 aliphatic carbocycles. The highest BCUT2D eigenvalue weighted by Gasteiger charge is 2.02. The van der Waals surface area contributed by atoms with E-state index in [2.05, 4.69) is 20.7 Å². The number of rotatable bonds is 7. The summed E-state index contributed by atoms with van der Waals surface area (Å²) in [5, 5.41) is 3.84. The second-order valence-corrected chi connectivity index (χ2v) is 4.63. The molecule has 0 atom stereocenters. The van der Waals surface area contributed by atoms with E-state index in [4.69, 9.17) is 10.6 Å². The van der Waals surface area contributed by atoms with Crippen LogP contribution in [0.15, 0.2) is 41.6 Å².